The first-order valence-corrected chi connectivity index (χ1v) is 6.44. The van der Waals surface area contributed by atoms with E-state index >= 15 is 0 Å². The van der Waals surface area contributed by atoms with Gasteiger partial charge in [-0.2, -0.15) is 0 Å². The van der Waals surface area contributed by atoms with E-state index in [2.05, 4.69) is 10.6 Å². The Balaban J connectivity index is 1.65. The van der Waals surface area contributed by atoms with Crippen LogP contribution in [0.3, 0.4) is 0 Å². The molecule has 0 aromatic rings. The lowest BCUT2D eigenvalue weighted by atomic mass is 9.89. The quantitative estimate of drug-likeness (QED) is 0.643. The van der Waals surface area contributed by atoms with Gasteiger partial charge >= 0.3 is 6.03 Å². The molecule has 1 aliphatic carbocycles. The second-order valence-corrected chi connectivity index (χ2v) is 5.70. The average molecular weight is 255 g/mol. The molecule has 0 aromatic carbocycles. The van der Waals surface area contributed by atoms with Gasteiger partial charge in [0.15, 0.2) is 0 Å². The van der Waals surface area contributed by atoms with Crippen molar-refractivity contribution in [1.29, 1.82) is 0 Å². The number of carbonyl (C=O) groups excluding carboxylic acids is 2. The van der Waals surface area contributed by atoms with E-state index in [1.807, 2.05) is 18.7 Å². The van der Waals surface area contributed by atoms with Crippen molar-refractivity contribution in [1.82, 2.24) is 15.5 Å². The highest BCUT2D eigenvalue weighted by molar-refractivity contribution is 5.95. The number of nitrogens with zero attached hydrogens (tertiary/aromatic N) is 1. The van der Waals surface area contributed by atoms with Gasteiger partial charge in [0.1, 0.15) is 0 Å². The Morgan fingerprint density at radius 1 is 1.39 bits per heavy atom. The van der Waals surface area contributed by atoms with E-state index in [-0.39, 0.29) is 18.5 Å². The van der Waals surface area contributed by atoms with Gasteiger partial charge in [-0.3, -0.25) is 15.0 Å². The Labute approximate surface area is 107 Å². The Hall–Kier alpha value is -1.14. The average Bonchev–Trinajstić information content (AvgIpc) is 2.95. The Bertz CT molecular complexity index is 346. The molecule has 0 radical (unpaired) electrons. The maximum atomic E-state index is 11.5. The third-order valence-corrected chi connectivity index (χ3v) is 3.37. The Morgan fingerprint density at radius 2 is 2.00 bits per heavy atom. The van der Waals surface area contributed by atoms with Crippen molar-refractivity contribution in [3.8, 4) is 0 Å². The highest BCUT2D eigenvalue weighted by Gasteiger charge is 2.51. The first-order chi connectivity index (χ1) is 8.39. The van der Waals surface area contributed by atoms with Crippen molar-refractivity contribution in [3.05, 3.63) is 0 Å². The molecule has 0 aromatic heterocycles. The van der Waals surface area contributed by atoms with E-state index in [9.17, 15) is 14.7 Å². The zero-order valence-electron chi connectivity index (χ0n) is 10.9. The van der Waals surface area contributed by atoms with Crippen LogP contribution in [-0.4, -0.2) is 53.2 Å². The molecule has 1 saturated heterocycles. The summed E-state index contributed by atoms with van der Waals surface area (Å²) < 4.78 is 0. The minimum Gasteiger partial charge on any atom is -0.387 e. The van der Waals surface area contributed by atoms with Crippen molar-refractivity contribution in [2.45, 2.75) is 38.3 Å². The largest absolute Gasteiger partial charge is 0.387 e. The van der Waals surface area contributed by atoms with Gasteiger partial charge in [-0.05, 0) is 32.6 Å². The topological polar surface area (TPSA) is 81.7 Å². The van der Waals surface area contributed by atoms with Crippen LogP contribution in [0.5, 0.6) is 0 Å². The highest BCUT2D eigenvalue weighted by atomic mass is 16.3. The fourth-order valence-electron chi connectivity index (χ4n) is 2.39. The first-order valence-electron chi connectivity index (χ1n) is 6.44. The fraction of sp³-hybridized carbons (Fsp3) is 0.833. The predicted octanol–water partition coefficient (Wildman–Crippen LogP) is -0.323. The van der Waals surface area contributed by atoms with Crippen molar-refractivity contribution >= 4 is 11.9 Å². The lowest BCUT2D eigenvalue weighted by molar-refractivity contribution is -0.135. The van der Waals surface area contributed by atoms with Gasteiger partial charge in [0.25, 0.3) is 0 Å². The summed E-state index contributed by atoms with van der Waals surface area (Å²) in [5.41, 5.74) is -0.583. The molecule has 0 spiro atoms. The fourth-order valence-corrected chi connectivity index (χ4v) is 2.39. The number of hydrogen-bond donors (Lipinski definition) is 3. The predicted molar refractivity (Wildman–Crippen MR) is 65.9 cm³/mol. The van der Waals surface area contributed by atoms with E-state index in [0.29, 0.717) is 19.0 Å². The molecular weight excluding hydrogens is 234 g/mol. The standard InChI is InChI=1S/C12H21N3O3/c1-8(2)13-11(17)14-10(16)5-15-6-12(18,7-15)9-3-4-9/h8-9,18H,3-7H2,1-2H3,(H2,13,14,16,17). The van der Waals surface area contributed by atoms with Gasteiger partial charge in [-0.1, -0.05) is 0 Å². The van der Waals surface area contributed by atoms with Crippen LogP contribution in [0.1, 0.15) is 26.7 Å². The molecule has 1 aliphatic heterocycles. The molecule has 18 heavy (non-hydrogen) atoms. The van der Waals surface area contributed by atoms with Crippen LogP contribution >= 0.6 is 0 Å². The minimum atomic E-state index is -0.583. The van der Waals surface area contributed by atoms with Crippen molar-refractivity contribution in [3.63, 3.8) is 0 Å². The lowest BCUT2D eigenvalue weighted by Crippen LogP contribution is -2.64. The van der Waals surface area contributed by atoms with E-state index < -0.39 is 11.6 Å². The van der Waals surface area contributed by atoms with Gasteiger partial charge in [0.2, 0.25) is 5.91 Å². The summed E-state index contributed by atoms with van der Waals surface area (Å²) in [6, 6.07) is -0.463. The van der Waals surface area contributed by atoms with Crippen LogP contribution in [0.15, 0.2) is 0 Å². The molecule has 2 rings (SSSR count). The molecule has 102 valence electrons. The summed E-state index contributed by atoms with van der Waals surface area (Å²) in [5.74, 6) is 0.0899. The molecule has 2 fully saturated rings. The number of imide groups is 1. The zero-order chi connectivity index (χ0) is 13.3. The highest BCUT2D eigenvalue weighted by Crippen LogP contribution is 2.44. The SMILES string of the molecule is CC(C)NC(=O)NC(=O)CN1CC(O)(C2CC2)C1. The number of hydrogen-bond acceptors (Lipinski definition) is 4. The number of carbonyl (C=O) groups is 2. The van der Waals surface area contributed by atoms with Crippen LogP contribution in [-0.2, 0) is 4.79 Å². The zero-order valence-corrected chi connectivity index (χ0v) is 10.9. The van der Waals surface area contributed by atoms with E-state index in [4.69, 9.17) is 0 Å². The molecule has 1 saturated carbocycles. The second-order valence-electron chi connectivity index (χ2n) is 5.70. The molecule has 6 nitrogen and oxygen atoms in total. The summed E-state index contributed by atoms with van der Waals surface area (Å²) in [7, 11) is 0. The first kappa shape index (κ1) is 13.3. The minimum absolute atomic E-state index is 0.00164. The van der Waals surface area contributed by atoms with E-state index in [1.54, 1.807) is 0 Å². The Morgan fingerprint density at radius 3 is 2.50 bits per heavy atom. The third-order valence-electron chi connectivity index (χ3n) is 3.37. The number of aliphatic hydroxyl groups is 1. The van der Waals surface area contributed by atoms with Gasteiger partial charge < -0.3 is 10.4 Å². The summed E-state index contributed by atoms with van der Waals surface area (Å²) in [5, 5.41) is 14.9. The number of β-amino-alcohol motifs (C(OH)–C–C–N with tert-alkyl or cyclic N) is 1. The monoisotopic (exact) mass is 255 g/mol. The molecule has 0 bridgehead atoms. The van der Waals surface area contributed by atoms with Gasteiger partial charge in [-0.15, -0.1) is 0 Å². The van der Waals surface area contributed by atoms with Crippen molar-refractivity contribution in [2.24, 2.45) is 5.92 Å². The number of amides is 3. The number of urea groups is 1. The molecule has 0 unspecified atom stereocenters. The van der Waals surface area contributed by atoms with Crippen LogP contribution in [0.25, 0.3) is 0 Å². The summed E-state index contributed by atoms with van der Waals surface area (Å²) >= 11 is 0. The molecule has 3 amide bonds. The number of nitrogens with one attached hydrogen (secondary N) is 2. The molecular formula is C12H21N3O3. The van der Waals surface area contributed by atoms with E-state index in [1.165, 1.54) is 0 Å². The molecule has 1 heterocycles. The van der Waals surface area contributed by atoms with Gasteiger partial charge in [-0.25, -0.2) is 4.79 Å². The van der Waals surface area contributed by atoms with Gasteiger partial charge in [0.05, 0.1) is 12.1 Å². The lowest BCUT2D eigenvalue weighted by Gasteiger charge is -2.46. The number of likely N-dealkylation sites (tertiary alicyclic amines) is 1. The maximum Gasteiger partial charge on any atom is 0.321 e. The van der Waals surface area contributed by atoms with Crippen molar-refractivity contribution < 1.29 is 14.7 Å². The maximum absolute atomic E-state index is 11.5. The normalized spacial score (nSPS) is 22.4. The summed E-state index contributed by atoms with van der Waals surface area (Å²) in [6.07, 6.45) is 2.18. The van der Waals surface area contributed by atoms with Crippen LogP contribution in [0.4, 0.5) is 4.79 Å². The van der Waals surface area contributed by atoms with Crippen LogP contribution in [0, 0.1) is 5.92 Å². The Kier molecular flexibility index (Phi) is 3.59. The molecule has 2 aliphatic rings. The summed E-state index contributed by atoms with van der Waals surface area (Å²) in [6.45, 7) is 4.90. The van der Waals surface area contributed by atoms with Crippen molar-refractivity contribution in [2.75, 3.05) is 19.6 Å². The van der Waals surface area contributed by atoms with Gasteiger partial charge in [0, 0.05) is 19.1 Å². The molecule has 0 atom stereocenters. The molecule has 6 heteroatoms. The second kappa shape index (κ2) is 4.85. The van der Waals surface area contributed by atoms with E-state index in [0.717, 1.165) is 12.8 Å². The third kappa shape index (κ3) is 3.20. The summed E-state index contributed by atoms with van der Waals surface area (Å²) in [4.78, 5) is 24.7. The van der Waals surface area contributed by atoms with Crippen LogP contribution in [0.2, 0.25) is 0 Å². The number of rotatable bonds is 4. The smallest absolute Gasteiger partial charge is 0.321 e. The molecule has 3 N–H and O–H groups in total. The van der Waals surface area contributed by atoms with Crippen LogP contribution < -0.4 is 10.6 Å².